The molecule has 1 aliphatic rings. The summed E-state index contributed by atoms with van der Waals surface area (Å²) < 4.78 is 16.7. The van der Waals surface area contributed by atoms with Crippen LogP contribution in [0.15, 0.2) is 28.8 Å². The van der Waals surface area contributed by atoms with Crippen molar-refractivity contribution in [3.63, 3.8) is 0 Å². The second kappa shape index (κ2) is 11.5. The molecule has 2 heterocycles. The molecule has 172 valence electrons. The van der Waals surface area contributed by atoms with E-state index in [4.69, 9.17) is 14.0 Å². The van der Waals surface area contributed by atoms with Crippen LogP contribution in [0.2, 0.25) is 0 Å². The largest absolute Gasteiger partial charge is 0.497 e. The van der Waals surface area contributed by atoms with Crippen LogP contribution in [0.25, 0.3) is 0 Å². The van der Waals surface area contributed by atoms with Crippen molar-refractivity contribution in [1.82, 2.24) is 15.4 Å². The van der Waals surface area contributed by atoms with Crippen LogP contribution in [-0.2, 0) is 13.1 Å². The third kappa shape index (κ3) is 7.21. The first-order valence-electron chi connectivity index (χ1n) is 11.0. The van der Waals surface area contributed by atoms with Gasteiger partial charge in [0.05, 0.1) is 25.5 Å². The van der Waals surface area contributed by atoms with Gasteiger partial charge in [-0.1, -0.05) is 19.0 Å². The molecule has 2 aromatic rings. The number of piperidine rings is 1. The van der Waals surface area contributed by atoms with E-state index < -0.39 is 6.10 Å². The van der Waals surface area contributed by atoms with E-state index in [1.54, 1.807) is 7.11 Å². The van der Waals surface area contributed by atoms with Gasteiger partial charge in [0.2, 0.25) is 0 Å². The summed E-state index contributed by atoms with van der Waals surface area (Å²) in [5.41, 5.74) is 1.88. The predicted molar refractivity (Wildman–Crippen MR) is 117 cm³/mol. The number of ether oxygens (including phenoxy) is 2. The molecule has 0 amide bonds. The lowest BCUT2D eigenvalue weighted by Crippen LogP contribution is -2.41. The lowest BCUT2D eigenvalue weighted by Gasteiger charge is -2.31. The Morgan fingerprint density at radius 2 is 2.00 bits per heavy atom. The van der Waals surface area contributed by atoms with Crippen LogP contribution < -0.4 is 14.8 Å². The fraction of sp³-hybridized carbons (Fsp3) is 0.609. The fourth-order valence-electron chi connectivity index (χ4n) is 3.61. The molecule has 0 radical (unpaired) electrons. The average molecular weight is 434 g/mol. The maximum atomic E-state index is 10.4. The van der Waals surface area contributed by atoms with Gasteiger partial charge in [-0.25, -0.2) is 0 Å². The van der Waals surface area contributed by atoms with Crippen LogP contribution >= 0.6 is 0 Å². The number of likely N-dealkylation sites (tertiary alicyclic amines) is 1. The molecule has 8 nitrogen and oxygen atoms in total. The second-order valence-electron chi connectivity index (χ2n) is 8.45. The molecule has 31 heavy (non-hydrogen) atoms. The number of methoxy groups -OCH3 is 1. The van der Waals surface area contributed by atoms with Gasteiger partial charge in [-0.15, -0.1) is 0 Å². The Kier molecular flexibility index (Phi) is 8.71. The summed E-state index contributed by atoms with van der Waals surface area (Å²) in [7, 11) is 1.63. The van der Waals surface area contributed by atoms with Crippen LogP contribution in [0.1, 0.15) is 49.6 Å². The molecule has 1 aromatic carbocycles. The smallest absolute Gasteiger partial charge is 0.150 e. The van der Waals surface area contributed by atoms with Crippen LogP contribution in [0.5, 0.6) is 11.5 Å². The zero-order chi connectivity index (χ0) is 22.2. The van der Waals surface area contributed by atoms with Crippen LogP contribution in [-0.4, -0.2) is 65.8 Å². The van der Waals surface area contributed by atoms with E-state index in [1.165, 1.54) is 0 Å². The zero-order valence-electron chi connectivity index (χ0n) is 18.7. The standard InChI is InChI=1S/C23H35N3O5/c1-16(2)22-11-21(31-25-22)13-24-12-17-10-20(29-3)4-5-23(17)30-15-19(28)14-26-8-6-18(27)7-9-26/h4-5,10-11,16,18-19,24,27-28H,6-9,12-15H2,1-3H3/t19-/m0/s1. The van der Waals surface area contributed by atoms with Gasteiger partial charge in [-0.3, -0.25) is 0 Å². The highest BCUT2D eigenvalue weighted by Crippen LogP contribution is 2.25. The fourth-order valence-corrected chi connectivity index (χ4v) is 3.61. The number of β-amino-alcohol motifs (C(OH)–C–C–N with tert-alkyl or cyclic N) is 1. The van der Waals surface area contributed by atoms with E-state index >= 15 is 0 Å². The molecule has 1 saturated heterocycles. The Morgan fingerprint density at radius 3 is 2.68 bits per heavy atom. The molecule has 0 bridgehead atoms. The molecule has 8 heteroatoms. The van der Waals surface area contributed by atoms with Crippen LogP contribution in [0, 0.1) is 0 Å². The third-order valence-corrected chi connectivity index (χ3v) is 5.51. The molecule has 3 N–H and O–H groups in total. The van der Waals surface area contributed by atoms with Crippen molar-refractivity contribution in [3.8, 4) is 11.5 Å². The van der Waals surface area contributed by atoms with Gasteiger partial charge in [0.15, 0.2) is 5.76 Å². The first-order chi connectivity index (χ1) is 14.9. The van der Waals surface area contributed by atoms with Crippen molar-refractivity contribution in [3.05, 3.63) is 41.3 Å². The van der Waals surface area contributed by atoms with Gasteiger partial charge >= 0.3 is 0 Å². The Morgan fingerprint density at radius 1 is 1.23 bits per heavy atom. The lowest BCUT2D eigenvalue weighted by molar-refractivity contribution is 0.0336. The quantitative estimate of drug-likeness (QED) is 0.496. The Hall–Kier alpha value is -2.13. The van der Waals surface area contributed by atoms with Gasteiger partial charge in [0.25, 0.3) is 0 Å². The first-order valence-corrected chi connectivity index (χ1v) is 11.0. The molecule has 0 spiro atoms. The minimum Gasteiger partial charge on any atom is -0.497 e. The van der Waals surface area contributed by atoms with E-state index in [0.717, 1.165) is 48.7 Å². The highest BCUT2D eigenvalue weighted by molar-refractivity contribution is 5.40. The predicted octanol–water partition coefficient (Wildman–Crippen LogP) is 2.29. The van der Waals surface area contributed by atoms with Crippen molar-refractivity contribution in [2.24, 2.45) is 0 Å². The topological polar surface area (TPSA) is 100 Å². The number of benzene rings is 1. The second-order valence-corrected chi connectivity index (χ2v) is 8.45. The number of hydrogen-bond acceptors (Lipinski definition) is 8. The molecule has 0 saturated carbocycles. The number of nitrogens with one attached hydrogen (secondary N) is 1. The molecule has 0 unspecified atom stereocenters. The van der Waals surface area contributed by atoms with E-state index in [-0.39, 0.29) is 12.7 Å². The average Bonchev–Trinajstić information content (AvgIpc) is 3.24. The normalized spacial score (nSPS) is 16.6. The van der Waals surface area contributed by atoms with E-state index in [2.05, 4.69) is 29.2 Å². The molecule has 1 atom stereocenters. The third-order valence-electron chi connectivity index (χ3n) is 5.51. The van der Waals surface area contributed by atoms with Gasteiger partial charge in [-0.05, 0) is 37.0 Å². The number of aromatic nitrogens is 1. The maximum Gasteiger partial charge on any atom is 0.150 e. The maximum absolute atomic E-state index is 10.4. The Balaban J connectivity index is 1.52. The molecular weight excluding hydrogens is 398 g/mol. The molecule has 1 aliphatic heterocycles. The summed E-state index contributed by atoms with van der Waals surface area (Å²) in [5, 5.41) is 27.5. The lowest BCUT2D eigenvalue weighted by atomic mass is 10.1. The monoisotopic (exact) mass is 433 g/mol. The van der Waals surface area contributed by atoms with Crippen LogP contribution in [0.3, 0.4) is 0 Å². The highest BCUT2D eigenvalue weighted by atomic mass is 16.5. The number of nitrogens with zero attached hydrogens (tertiary/aromatic N) is 2. The summed E-state index contributed by atoms with van der Waals surface area (Å²) in [4.78, 5) is 2.17. The number of aliphatic hydroxyl groups is 2. The first kappa shape index (κ1) is 23.5. The van der Waals surface area contributed by atoms with E-state index in [9.17, 15) is 10.2 Å². The number of rotatable bonds is 11. The Bertz CT molecular complexity index is 802. The number of hydrogen-bond donors (Lipinski definition) is 3. The van der Waals surface area contributed by atoms with Gasteiger partial charge in [-0.2, -0.15) is 0 Å². The summed E-state index contributed by atoms with van der Waals surface area (Å²) >= 11 is 0. The minimum atomic E-state index is -0.596. The highest BCUT2D eigenvalue weighted by Gasteiger charge is 2.20. The number of aliphatic hydroxyl groups excluding tert-OH is 2. The summed E-state index contributed by atoms with van der Waals surface area (Å²) in [5.74, 6) is 2.58. The molecule has 3 rings (SSSR count). The van der Waals surface area contributed by atoms with E-state index in [1.807, 2.05) is 24.3 Å². The van der Waals surface area contributed by atoms with Gasteiger partial charge in [0, 0.05) is 37.8 Å². The van der Waals surface area contributed by atoms with Crippen molar-refractivity contribution in [2.45, 2.75) is 57.9 Å². The minimum absolute atomic E-state index is 0.207. The summed E-state index contributed by atoms with van der Waals surface area (Å²) in [6, 6.07) is 7.62. The van der Waals surface area contributed by atoms with Gasteiger partial charge in [0.1, 0.15) is 24.2 Å². The van der Waals surface area contributed by atoms with Crippen LogP contribution in [0.4, 0.5) is 0 Å². The zero-order valence-corrected chi connectivity index (χ0v) is 18.7. The molecular formula is C23H35N3O5. The van der Waals surface area contributed by atoms with Crippen molar-refractivity contribution in [2.75, 3.05) is 33.4 Å². The molecule has 0 aliphatic carbocycles. The van der Waals surface area contributed by atoms with E-state index in [0.29, 0.717) is 31.3 Å². The SMILES string of the molecule is COc1ccc(OC[C@@H](O)CN2CCC(O)CC2)c(CNCc2cc(C(C)C)no2)c1. The van der Waals surface area contributed by atoms with Crippen molar-refractivity contribution < 1.29 is 24.2 Å². The molecule has 1 aromatic heterocycles. The van der Waals surface area contributed by atoms with Crippen molar-refractivity contribution in [1.29, 1.82) is 0 Å². The summed E-state index contributed by atoms with van der Waals surface area (Å²) in [6.45, 7) is 7.63. The Labute approximate surface area is 184 Å². The summed E-state index contributed by atoms with van der Waals surface area (Å²) in [6.07, 6.45) is 0.701. The van der Waals surface area contributed by atoms with Crippen molar-refractivity contribution >= 4 is 0 Å². The molecule has 1 fully saturated rings. The van der Waals surface area contributed by atoms with Gasteiger partial charge < -0.3 is 34.4 Å².